The van der Waals surface area contributed by atoms with Gasteiger partial charge in [-0.05, 0) is 29.5 Å². The van der Waals surface area contributed by atoms with E-state index >= 15 is 0 Å². The van der Waals surface area contributed by atoms with Crippen LogP contribution < -0.4 is 4.74 Å². The van der Waals surface area contributed by atoms with Gasteiger partial charge in [-0.1, -0.05) is 26.0 Å². The molecule has 0 amide bonds. The monoisotopic (exact) mass is 276 g/mol. The van der Waals surface area contributed by atoms with Crippen LogP contribution in [0.15, 0.2) is 18.2 Å². The van der Waals surface area contributed by atoms with Gasteiger partial charge in [0.15, 0.2) is 0 Å². The van der Waals surface area contributed by atoms with E-state index in [0.29, 0.717) is 18.1 Å². The predicted octanol–water partition coefficient (Wildman–Crippen LogP) is 2.93. The van der Waals surface area contributed by atoms with Crippen LogP contribution in [0.2, 0.25) is 0 Å². The van der Waals surface area contributed by atoms with Crippen molar-refractivity contribution in [3.05, 3.63) is 29.3 Å². The van der Waals surface area contributed by atoms with Gasteiger partial charge in [0.1, 0.15) is 5.75 Å². The van der Waals surface area contributed by atoms with Gasteiger partial charge >= 0.3 is 0 Å². The van der Waals surface area contributed by atoms with Crippen molar-refractivity contribution in [3.63, 3.8) is 0 Å². The number of ether oxygens (including phenoxy) is 1. The average Bonchev–Trinajstić information content (AvgIpc) is 2.24. The van der Waals surface area contributed by atoms with Gasteiger partial charge in [-0.3, -0.25) is 0 Å². The second kappa shape index (κ2) is 5.74. The molecule has 17 heavy (non-hydrogen) atoms. The first-order valence-electron chi connectivity index (χ1n) is 5.42. The van der Waals surface area contributed by atoms with E-state index in [0.717, 1.165) is 11.1 Å². The Labute approximate surface area is 107 Å². The molecule has 0 aliphatic carbocycles. The second-order valence-corrected chi connectivity index (χ2v) is 7.12. The van der Waals surface area contributed by atoms with Crippen LogP contribution >= 0.6 is 10.7 Å². The highest BCUT2D eigenvalue weighted by Crippen LogP contribution is 2.25. The van der Waals surface area contributed by atoms with Crippen molar-refractivity contribution in [1.29, 1.82) is 0 Å². The molecule has 0 fully saturated rings. The molecule has 1 aromatic carbocycles. The number of hydrogen-bond donors (Lipinski definition) is 0. The molecule has 0 N–H and O–H groups in total. The number of benzene rings is 1. The van der Waals surface area contributed by atoms with E-state index in [4.69, 9.17) is 15.4 Å². The van der Waals surface area contributed by atoms with Gasteiger partial charge in [-0.2, -0.15) is 0 Å². The normalized spacial score (nSPS) is 11.8. The molecule has 0 spiro atoms. The van der Waals surface area contributed by atoms with Gasteiger partial charge in [0, 0.05) is 10.7 Å². The zero-order valence-electron chi connectivity index (χ0n) is 10.2. The summed E-state index contributed by atoms with van der Waals surface area (Å²) in [4.78, 5) is 0. The Bertz CT molecular complexity index is 481. The van der Waals surface area contributed by atoms with Crippen LogP contribution in [0.4, 0.5) is 0 Å². The molecule has 0 unspecified atom stereocenters. The zero-order valence-corrected chi connectivity index (χ0v) is 11.8. The standard InChI is InChI=1S/C12H17ClO3S/c1-9(2)10-4-5-12(16-3)11(8-10)6-7-17(13,14)15/h4-5,8-9H,6-7H2,1-3H3. The van der Waals surface area contributed by atoms with E-state index in [1.165, 1.54) is 0 Å². The summed E-state index contributed by atoms with van der Waals surface area (Å²) < 4.78 is 27.1. The lowest BCUT2D eigenvalue weighted by molar-refractivity contribution is 0.410. The summed E-state index contributed by atoms with van der Waals surface area (Å²) >= 11 is 0. The quantitative estimate of drug-likeness (QED) is 0.777. The maximum atomic E-state index is 10.9. The molecule has 5 heteroatoms. The molecule has 0 heterocycles. The molecule has 96 valence electrons. The lowest BCUT2D eigenvalue weighted by Crippen LogP contribution is -2.03. The fourth-order valence-corrected chi connectivity index (χ4v) is 2.28. The Kier molecular flexibility index (Phi) is 4.83. The van der Waals surface area contributed by atoms with Crippen LogP contribution in [0.5, 0.6) is 5.75 Å². The molecule has 0 aromatic heterocycles. The maximum absolute atomic E-state index is 10.9. The Morgan fingerprint density at radius 2 is 2.00 bits per heavy atom. The van der Waals surface area contributed by atoms with Crippen molar-refractivity contribution in [2.45, 2.75) is 26.2 Å². The lowest BCUT2D eigenvalue weighted by Gasteiger charge is -2.12. The van der Waals surface area contributed by atoms with Gasteiger partial charge in [0.25, 0.3) is 0 Å². The molecular weight excluding hydrogens is 260 g/mol. The van der Waals surface area contributed by atoms with Crippen LogP contribution in [-0.2, 0) is 15.5 Å². The summed E-state index contributed by atoms with van der Waals surface area (Å²) in [6.45, 7) is 4.17. The Morgan fingerprint density at radius 1 is 1.35 bits per heavy atom. The van der Waals surface area contributed by atoms with Crippen molar-refractivity contribution >= 4 is 19.7 Å². The Morgan fingerprint density at radius 3 is 2.47 bits per heavy atom. The molecule has 0 saturated carbocycles. The SMILES string of the molecule is COc1ccc(C(C)C)cc1CCS(=O)(=O)Cl. The zero-order chi connectivity index (χ0) is 13.1. The highest BCUT2D eigenvalue weighted by Gasteiger charge is 2.11. The van der Waals surface area contributed by atoms with E-state index in [-0.39, 0.29) is 5.75 Å². The third-order valence-electron chi connectivity index (χ3n) is 2.59. The molecular formula is C12H17ClO3S. The van der Waals surface area contributed by atoms with Gasteiger partial charge in [0.2, 0.25) is 9.05 Å². The fraction of sp³-hybridized carbons (Fsp3) is 0.500. The van der Waals surface area contributed by atoms with Crippen molar-refractivity contribution in [3.8, 4) is 5.75 Å². The minimum absolute atomic E-state index is 0.0769. The predicted molar refractivity (Wildman–Crippen MR) is 70.4 cm³/mol. The summed E-state index contributed by atoms with van der Waals surface area (Å²) in [7, 11) is 3.32. The third-order valence-corrected chi connectivity index (χ3v) is 3.74. The van der Waals surface area contributed by atoms with Crippen LogP contribution in [0, 0.1) is 0 Å². The second-order valence-electron chi connectivity index (χ2n) is 4.22. The van der Waals surface area contributed by atoms with E-state index in [2.05, 4.69) is 13.8 Å². The van der Waals surface area contributed by atoms with E-state index in [1.807, 2.05) is 18.2 Å². The molecule has 0 bridgehead atoms. The average molecular weight is 277 g/mol. The summed E-state index contributed by atoms with van der Waals surface area (Å²) in [6, 6.07) is 5.83. The van der Waals surface area contributed by atoms with Crippen molar-refractivity contribution in [2.24, 2.45) is 0 Å². The van der Waals surface area contributed by atoms with Gasteiger partial charge < -0.3 is 4.74 Å². The van der Waals surface area contributed by atoms with Crippen molar-refractivity contribution < 1.29 is 13.2 Å². The topological polar surface area (TPSA) is 43.4 Å². The minimum atomic E-state index is -3.46. The van der Waals surface area contributed by atoms with Gasteiger partial charge in [0.05, 0.1) is 12.9 Å². The maximum Gasteiger partial charge on any atom is 0.232 e. The molecule has 0 saturated heterocycles. The Balaban J connectivity index is 2.98. The van der Waals surface area contributed by atoms with Gasteiger partial charge in [-0.25, -0.2) is 8.42 Å². The lowest BCUT2D eigenvalue weighted by atomic mass is 9.99. The molecule has 1 aromatic rings. The largest absolute Gasteiger partial charge is 0.496 e. The minimum Gasteiger partial charge on any atom is -0.496 e. The summed E-state index contributed by atoms with van der Waals surface area (Å²) in [5.74, 6) is 1.02. The highest BCUT2D eigenvalue weighted by molar-refractivity contribution is 8.13. The molecule has 0 aliphatic rings. The molecule has 0 radical (unpaired) electrons. The highest BCUT2D eigenvalue weighted by atomic mass is 35.7. The van der Waals surface area contributed by atoms with Crippen LogP contribution in [0.3, 0.4) is 0 Å². The van der Waals surface area contributed by atoms with E-state index < -0.39 is 9.05 Å². The first kappa shape index (κ1) is 14.3. The number of rotatable bonds is 5. The number of halogens is 1. The van der Waals surface area contributed by atoms with Crippen LogP contribution in [-0.4, -0.2) is 21.3 Å². The van der Waals surface area contributed by atoms with Gasteiger partial charge in [-0.15, -0.1) is 0 Å². The third kappa shape index (κ3) is 4.56. The smallest absolute Gasteiger partial charge is 0.232 e. The van der Waals surface area contributed by atoms with Crippen LogP contribution in [0.1, 0.15) is 30.9 Å². The summed E-state index contributed by atoms with van der Waals surface area (Å²) in [5.41, 5.74) is 2.04. The van der Waals surface area contributed by atoms with Crippen molar-refractivity contribution in [2.75, 3.05) is 12.9 Å². The fourth-order valence-electron chi connectivity index (χ4n) is 1.58. The molecule has 1 rings (SSSR count). The first-order valence-corrected chi connectivity index (χ1v) is 7.90. The van der Waals surface area contributed by atoms with E-state index in [1.54, 1.807) is 7.11 Å². The Hall–Kier alpha value is -0.740. The number of aryl methyl sites for hydroxylation is 1. The summed E-state index contributed by atoms with van der Waals surface area (Å²) in [5, 5.41) is 0. The molecule has 3 nitrogen and oxygen atoms in total. The number of methoxy groups -OCH3 is 1. The molecule has 0 aliphatic heterocycles. The number of hydrogen-bond acceptors (Lipinski definition) is 3. The van der Waals surface area contributed by atoms with Crippen molar-refractivity contribution in [1.82, 2.24) is 0 Å². The van der Waals surface area contributed by atoms with Crippen LogP contribution in [0.25, 0.3) is 0 Å². The molecule has 0 atom stereocenters. The summed E-state index contributed by atoms with van der Waals surface area (Å²) in [6.07, 6.45) is 0.371. The first-order chi connectivity index (χ1) is 7.83. The van der Waals surface area contributed by atoms with E-state index in [9.17, 15) is 8.42 Å².